The van der Waals surface area contributed by atoms with Gasteiger partial charge in [-0.2, -0.15) is 5.10 Å². The van der Waals surface area contributed by atoms with E-state index in [9.17, 15) is 0 Å². The molecule has 0 fully saturated rings. The highest BCUT2D eigenvalue weighted by molar-refractivity contribution is 5.36. The van der Waals surface area contributed by atoms with Gasteiger partial charge in [-0.25, -0.2) is 4.68 Å². The van der Waals surface area contributed by atoms with Crippen LogP contribution < -0.4 is 5.32 Å². The first-order valence-corrected chi connectivity index (χ1v) is 7.16. The second kappa shape index (κ2) is 7.06. The topological polar surface area (TPSA) is 29.9 Å². The van der Waals surface area contributed by atoms with Crippen LogP contribution >= 0.6 is 0 Å². The van der Waals surface area contributed by atoms with Gasteiger partial charge in [-0.15, -0.1) is 0 Å². The Morgan fingerprint density at radius 2 is 1.95 bits per heavy atom. The maximum absolute atomic E-state index is 4.66. The standard InChI is InChI=1S/C17H23N3/c1-4-5-9-12-18-13-17-14(2)19-20(15(17)3)16-10-7-6-8-11-16/h4-8,10-11,18H,9,12-13H2,1-3H3/b5-4+. The fourth-order valence-corrected chi connectivity index (χ4v) is 2.32. The normalized spacial score (nSPS) is 11.3. The molecule has 0 bridgehead atoms. The van der Waals surface area contributed by atoms with Crippen molar-refractivity contribution in [1.29, 1.82) is 0 Å². The maximum Gasteiger partial charge on any atom is 0.0648 e. The van der Waals surface area contributed by atoms with Crippen LogP contribution in [0.5, 0.6) is 0 Å². The maximum atomic E-state index is 4.66. The number of para-hydroxylation sites is 1. The summed E-state index contributed by atoms with van der Waals surface area (Å²) in [6, 6.07) is 10.3. The van der Waals surface area contributed by atoms with E-state index in [1.54, 1.807) is 0 Å². The van der Waals surface area contributed by atoms with Crippen molar-refractivity contribution in [2.75, 3.05) is 6.54 Å². The first-order valence-electron chi connectivity index (χ1n) is 7.16. The molecule has 0 aliphatic heterocycles. The van der Waals surface area contributed by atoms with Crippen molar-refractivity contribution in [2.45, 2.75) is 33.7 Å². The zero-order chi connectivity index (χ0) is 14.4. The van der Waals surface area contributed by atoms with Crippen LogP contribution in [0.15, 0.2) is 42.5 Å². The molecule has 0 atom stereocenters. The number of rotatable bonds is 6. The summed E-state index contributed by atoms with van der Waals surface area (Å²) < 4.78 is 2.03. The second-order valence-corrected chi connectivity index (χ2v) is 4.93. The molecule has 1 aromatic heterocycles. The second-order valence-electron chi connectivity index (χ2n) is 4.93. The van der Waals surface area contributed by atoms with E-state index >= 15 is 0 Å². The number of hydrogen-bond acceptors (Lipinski definition) is 2. The van der Waals surface area contributed by atoms with Crippen LogP contribution in [0.1, 0.15) is 30.3 Å². The van der Waals surface area contributed by atoms with E-state index in [0.29, 0.717) is 0 Å². The molecule has 0 aliphatic rings. The molecular weight excluding hydrogens is 246 g/mol. The Bertz CT molecular complexity index is 567. The number of nitrogens with zero attached hydrogens (tertiary/aromatic N) is 2. The van der Waals surface area contributed by atoms with Gasteiger partial charge in [-0.1, -0.05) is 30.4 Å². The number of benzene rings is 1. The fraction of sp³-hybridized carbons (Fsp3) is 0.353. The fourth-order valence-electron chi connectivity index (χ4n) is 2.32. The minimum absolute atomic E-state index is 0.877. The van der Waals surface area contributed by atoms with Gasteiger partial charge in [-0.3, -0.25) is 0 Å². The summed E-state index contributed by atoms with van der Waals surface area (Å²) in [5.41, 5.74) is 4.74. The van der Waals surface area contributed by atoms with Gasteiger partial charge in [-0.05, 0) is 45.9 Å². The number of aromatic nitrogens is 2. The Labute approximate surface area is 121 Å². The highest BCUT2D eigenvalue weighted by Crippen LogP contribution is 2.17. The van der Waals surface area contributed by atoms with Crippen LogP contribution in [-0.4, -0.2) is 16.3 Å². The summed E-state index contributed by atoms with van der Waals surface area (Å²) in [5, 5.41) is 8.14. The predicted octanol–water partition coefficient (Wildman–Crippen LogP) is 3.54. The highest BCUT2D eigenvalue weighted by Gasteiger charge is 2.11. The highest BCUT2D eigenvalue weighted by atomic mass is 15.3. The lowest BCUT2D eigenvalue weighted by molar-refractivity contribution is 0.689. The zero-order valence-electron chi connectivity index (χ0n) is 12.6. The van der Waals surface area contributed by atoms with Crippen molar-refractivity contribution >= 4 is 0 Å². The van der Waals surface area contributed by atoms with Gasteiger partial charge in [0.15, 0.2) is 0 Å². The molecule has 0 radical (unpaired) electrons. The first kappa shape index (κ1) is 14.5. The van der Waals surface area contributed by atoms with Crippen molar-refractivity contribution in [3.8, 4) is 5.69 Å². The summed E-state index contributed by atoms with van der Waals surface area (Å²) in [7, 11) is 0. The molecule has 0 saturated heterocycles. The molecular formula is C17H23N3. The molecule has 0 unspecified atom stereocenters. The Balaban J connectivity index is 2.09. The minimum atomic E-state index is 0.877. The molecule has 20 heavy (non-hydrogen) atoms. The van der Waals surface area contributed by atoms with E-state index in [2.05, 4.69) is 55.5 Å². The molecule has 0 aliphatic carbocycles. The van der Waals surface area contributed by atoms with Crippen molar-refractivity contribution < 1.29 is 0 Å². The van der Waals surface area contributed by atoms with Gasteiger partial charge in [0.1, 0.15) is 0 Å². The molecule has 3 heteroatoms. The van der Waals surface area contributed by atoms with Gasteiger partial charge < -0.3 is 5.32 Å². The molecule has 1 N–H and O–H groups in total. The van der Waals surface area contributed by atoms with Crippen LogP contribution in [0.25, 0.3) is 5.69 Å². The predicted molar refractivity (Wildman–Crippen MR) is 84.2 cm³/mol. The number of aryl methyl sites for hydroxylation is 1. The lowest BCUT2D eigenvalue weighted by Gasteiger charge is -2.06. The molecule has 106 valence electrons. The molecule has 2 rings (SSSR count). The molecule has 0 amide bonds. The minimum Gasteiger partial charge on any atom is -0.312 e. The van der Waals surface area contributed by atoms with Gasteiger partial charge in [0.25, 0.3) is 0 Å². The van der Waals surface area contributed by atoms with E-state index < -0.39 is 0 Å². The summed E-state index contributed by atoms with van der Waals surface area (Å²) >= 11 is 0. The SMILES string of the molecule is C/C=C/CCNCc1c(C)nn(-c2ccccc2)c1C. The van der Waals surface area contributed by atoms with E-state index in [1.165, 1.54) is 11.3 Å². The van der Waals surface area contributed by atoms with E-state index in [-0.39, 0.29) is 0 Å². The van der Waals surface area contributed by atoms with Crippen LogP contribution in [0.2, 0.25) is 0 Å². The first-order chi connectivity index (χ1) is 9.74. The molecule has 1 heterocycles. The Hall–Kier alpha value is -1.87. The lowest BCUT2D eigenvalue weighted by Crippen LogP contribution is -2.15. The number of hydrogen-bond donors (Lipinski definition) is 1. The van der Waals surface area contributed by atoms with Crippen LogP contribution in [0.3, 0.4) is 0 Å². The van der Waals surface area contributed by atoms with Gasteiger partial charge in [0.05, 0.1) is 11.4 Å². The van der Waals surface area contributed by atoms with Crippen LogP contribution in [0.4, 0.5) is 0 Å². The van der Waals surface area contributed by atoms with Gasteiger partial charge >= 0.3 is 0 Å². The molecule has 1 aromatic carbocycles. The van der Waals surface area contributed by atoms with Crippen molar-refractivity contribution in [2.24, 2.45) is 0 Å². The molecule has 3 nitrogen and oxygen atoms in total. The summed E-state index contributed by atoms with van der Waals surface area (Å²) in [4.78, 5) is 0. The van der Waals surface area contributed by atoms with Crippen molar-refractivity contribution in [1.82, 2.24) is 15.1 Å². The summed E-state index contributed by atoms with van der Waals surface area (Å²) in [6.07, 6.45) is 5.34. The third-order valence-electron chi connectivity index (χ3n) is 3.47. The lowest BCUT2D eigenvalue weighted by atomic mass is 10.2. The van der Waals surface area contributed by atoms with Crippen LogP contribution in [-0.2, 0) is 6.54 Å². The van der Waals surface area contributed by atoms with Crippen molar-refractivity contribution in [3.63, 3.8) is 0 Å². The van der Waals surface area contributed by atoms with E-state index in [4.69, 9.17) is 0 Å². The van der Waals surface area contributed by atoms with E-state index in [0.717, 1.165) is 30.9 Å². The summed E-state index contributed by atoms with van der Waals surface area (Å²) in [5.74, 6) is 0. The zero-order valence-corrected chi connectivity index (χ0v) is 12.6. The van der Waals surface area contributed by atoms with Crippen molar-refractivity contribution in [3.05, 3.63) is 59.4 Å². The molecule has 0 spiro atoms. The third kappa shape index (κ3) is 3.36. The average Bonchev–Trinajstić information content (AvgIpc) is 2.75. The Kier molecular flexibility index (Phi) is 5.13. The monoisotopic (exact) mass is 269 g/mol. The summed E-state index contributed by atoms with van der Waals surface area (Å²) in [6.45, 7) is 8.14. The van der Waals surface area contributed by atoms with Gasteiger partial charge in [0.2, 0.25) is 0 Å². The molecule has 2 aromatic rings. The Morgan fingerprint density at radius 1 is 1.20 bits per heavy atom. The van der Waals surface area contributed by atoms with E-state index in [1.807, 2.05) is 22.9 Å². The molecule has 0 saturated carbocycles. The number of allylic oxidation sites excluding steroid dienone is 1. The largest absolute Gasteiger partial charge is 0.312 e. The van der Waals surface area contributed by atoms with Crippen LogP contribution in [0, 0.1) is 13.8 Å². The quantitative estimate of drug-likeness (QED) is 0.642. The van der Waals surface area contributed by atoms with Gasteiger partial charge in [0, 0.05) is 17.8 Å². The number of nitrogens with one attached hydrogen (secondary N) is 1. The third-order valence-corrected chi connectivity index (χ3v) is 3.47. The Morgan fingerprint density at radius 3 is 2.65 bits per heavy atom. The average molecular weight is 269 g/mol. The smallest absolute Gasteiger partial charge is 0.0648 e.